The molecule has 102 valence electrons. The van der Waals surface area contributed by atoms with Crippen LogP contribution in [0.1, 0.15) is 11.1 Å². The number of ether oxygens (including phenoxy) is 1. The van der Waals surface area contributed by atoms with Crippen molar-refractivity contribution >= 4 is 17.4 Å². The molecule has 2 rings (SSSR count). The van der Waals surface area contributed by atoms with Gasteiger partial charge in [0, 0.05) is 5.02 Å². The van der Waals surface area contributed by atoms with E-state index in [1.165, 1.54) is 4.68 Å². The molecule has 0 saturated carbocycles. The zero-order chi connectivity index (χ0) is 14.5. The van der Waals surface area contributed by atoms with Crippen LogP contribution in [0.4, 0.5) is 5.82 Å². The number of nitriles is 1. The number of anilines is 1. The van der Waals surface area contributed by atoms with E-state index in [1.807, 2.05) is 18.2 Å². The van der Waals surface area contributed by atoms with Gasteiger partial charge >= 0.3 is 0 Å². The number of nitrogen functional groups attached to an aromatic ring is 1. The average Bonchev–Trinajstić information content (AvgIpc) is 2.75. The van der Waals surface area contributed by atoms with Crippen LogP contribution in [0.3, 0.4) is 0 Å². The van der Waals surface area contributed by atoms with Crippen LogP contribution in [-0.4, -0.2) is 9.78 Å². The van der Waals surface area contributed by atoms with Gasteiger partial charge in [-0.3, -0.25) is 0 Å². The Morgan fingerprint density at radius 2 is 2.15 bits per heavy atom. The van der Waals surface area contributed by atoms with E-state index >= 15 is 0 Å². The molecule has 0 amide bonds. The molecule has 2 N–H and O–H groups in total. The summed E-state index contributed by atoms with van der Waals surface area (Å²) in [4.78, 5) is 0. The quantitative estimate of drug-likeness (QED) is 0.858. The number of halogens is 1. The van der Waals surface area contributed by atoms with E-state index < -0.39 is 0 Å². The fourth-order valence-electron chi connectivity index (χ4n) is 1.65. The SMILES string of the molecule is C=CCn1nc(OCc2ccc(Cl)cc2)c(C#N)c1N. The molecular weight excluding hydrogens is 276 g/mol. The molecule has 0 radical (unpaired) electrons. The van der Waals surface area contributed by atoms with Gasteiger partial charge in [-0.2, -0.15) is 5.26 Å². The van der Waals surface area contributed by atoms with Gasteiger partial charge in [0.15, 0.2) is 5.56 Å². The zero-order valence-electron chi connectivity index (χ0n) is 10.7. The monoisotopic (exact) mass is 288 g/mol. The van der Waals surface area contributed by atoms with E-state index in [-0.39, 0.29) is 23.9 Å². The number of nitrogens with two attached hydrogens (primary N) is 1. The fraction of sp³-hybridized carbons (Fsp3) is 0.143. The highest BCUT2D eigenvalue weighted by atomic mass is 35.5. The van der Waals surface area contributed by atoms with Crippen LogP contribution in [0.25, 0.3) is 0 Å². The third-order valence-electron chi connectivity index (χ3n) is 2.66. The van der Waals surface area contributed by atoms with E-state index in [2.05, 4.69) is 11.7 Å². The summed E-state index contributed by atoms with van der Waals surface area (Å²) in [7, 11) is 0. The van der Waals surface area contributed by atoms with Crippen LogP contribution >= 0.6 is 11.6 Å². The van der Waals surface area contributed by atoms with Gasteiger partial charge in [-0.05, 0) is 17.7 Å². The third-order valence-corrected chi connectivity index (χ3v) is 2.91. The third kappa shape index (κ3) is 2.92. The van der Waals surface area contributed by atoms with Gasteiger partial charge in [-0.1, -0.05) is 29.8 Å². The number of rotatable bonds is 5. The van der Waals surface area contributed by atoms with Crippen molar-refractivity contribution in [3.8, 4) is 11.9 Å². The van der Waals surface area contributed by atoms with Gasteiger partial charge in [0.25, 0.3) is 5.88 Å². The lowest BCUT2D eigenvalue weighted by Gasteiger charge is -2.03. The number of hydrogen-bond donors (Lipinski definition) is 1. The van der Waals surface area contributed by atoms with E-state index in [9.17, 15) is 0 Å². The van der Waals surface area contributed by atoms with Crippen LogP contribution in [0.15, 0.2) is 36.9 Å². The largest absolute Gasteiger partial charge is 0.471 e. The van der Waals surface area contributed by atoms with Crippen LogP contribution in [0.5, 0.6) is 5.88 Å². The summed E-state index contributed by atoms with van der Waals surface area (Å²) in [6.07, 6.45) is 1.65. The predicted molar refractivity (Wildman–Crippen MR) is 77.3 cm³/mol. The van der Waals surface area contributed by atoms with Crippen molar-refractivity contribution in [2.75, 3.05) is 5.73 Å². The van der Waals surface area contributed by atoms with Crippen molar-refractivity contribution in [1.82, 2.24) is 9.78 Å². The lowest BCUT2D eigenvalue weighted by atomic mass is 10.2. The minimum atomic E-state index is 0.224. The number of benzene rings is 1. The Bertz CT molecular complexity index is 655. The van der Waals surface area contributed by atoms with E-state index in [0.717, 1.165) is 5.56 Å². The second kappa shape index (κ2) is 6.13. The first-order valence-electron chi connectivity index (χ1n) is 5.90. The van der Waals surface area contributed by atoms with E-state index in [4.69, 9.17) is 27.3 Å². The molecule has 0 unspecified atom stereocenters. The smallest absolute Gasteiger partial charge is 0.253 e. The first-order chi connectivity index (χ1) is 9.65. The topological polar surface area (TPSA) is 76.9 Å². The maximum atomic E-state index is 9.11. The Labute approximate surface area is 121 Å². The van der Waals surface area contributed by atoms with Crippen molar-refractivity contribution in [3.63, 3.8) is 0 Å². The molecule has 20 heavy (non-hydrogen) atoms. The summed E-state index contributed by atoms with van der Waals surface area (Å²) in [5.41, 5.74) is 6.99. The molecule has 0 bridgehead atoms. The molecule has 0 aliphatic carbocycles. The highest BCUT2D eigenvalue weighted by Crippen LogP contribution is 2.23. The second-order valence-corrected chi connectivity index (χ2v) is 4.50. The van der Waals surface area contributed by atoms with Gasteiger partial charge in [0.1, 0.15) is 18.5 Å². The number of allylic oxidation sites excluding steroid dienone is 1. The van der Waals surface area contributed by atoms with Gasteiger partial charge < -0.3 is 10.5 Å². The molecule has 1 heterocycles. The normalized spacial score (nSPS) is 10.0. The Morgan fingerprint density at radius 1 is 1.45 bits per heavy atom. The van der Waals surface area contributed by atoms with Crippen molar-refractivity contribution in [1.29, 1.82) is 5.26 Å². The summed E-state index contributed by atoms with van der Waals surface area (Å²) in [6, 6.07) is 9.24. The van der Waals surface area contributed by atoms with Crippen LogP contribution in [0, 0.1) is 11.3 Å². The van der Waals surface area contributed by atoms with Crippen LogP contribution < -0.4 is 10.5 Å². The Kier molecular flexibility index (Phi) is 4.28. The van der Waals surface area contributed by atoms with Crippen LogP contribution in [-0.2, 0) is 13.2 Å². The summed E-state index contributed by atoms with van der Waals surface area (Å²) in [6.45, 7) is 4.32. The Morgan fingerprint density at radius 3 is 2.75 bits per heavy atom. The molecule has 6 heteroatoms. The maximum absolute atomic E-state index is 9.11. The zero-order valence-corrected chi connectivity index (χ0v) is 11.5. The van der Waals surface area contributed by atoms with Gasteiger partial charge in [0.2, 0.25) is 0 Å². The van der Waals surface area contributed by atoms with Crippen molar-refractivity contribution in [2.45, 2.75) is 13.2 Å². The molecule has 0 atom stereocenters. The highest BCUT2D eigenvalue weighted by molar-refractivity contribution is 6.30. The molecule has 5 nitrogen and oxygen atoms in total. The summed E-state index contributed by atoms with van der Waals surface area (Å²) < 4.78 is 7.02. The number of aromatic nitrogens is 2. The van der Waals surface area contributed by atoms with Crippen molar-refractivity contribution in [2.24, 2.45) is 0 Å². The lowest BCUT2D eigenvalue weighted by Crippen LogP contribution is -2.03. The number of nitrogens with zero attached hydrogens (tertiary/aromatic N) is 3. The Balaban J connectivity index is 2.17. The minimum absolute atomic E-state index is 0.224. The first kappa shape index (κ1) is 14.0. The highest BCUT2D eigenvalue weighted by Gasteiger charge is 2.16. The molecule has 2 aromatic rings. The first-order valence-corrected chi connectivity index (χ1v) is 6.28. The second-order valence-electron chi connectivity index (χ2n) is 4.06. The van der Waals surface area contributed by atoms with Crippen LogP contribution in [0.2, 0.25) is 5.02 Å². The van der Waals surface area contributed by atoms with Gasteiger partial charge in [-0.25, -0.2) is 4.68 Å². The fourth-order valence-corrected chi connectivity index (χ4v) is 1.78. The molecule has 1 aromatic carbocycles. The molecule has 0 spiro atoms. The predicted octanol–water partition coefficient (Wildman–Crippen LogP) is 2.76. The standard InChI is InChI=1S/C14H13ClN4O/c1-2-7-19-13(17)12(8-16)14(18-19)20-9-10-3-5-11(15)6-4-10/h2-6H,1,7,9,17H2. The summed E-state index contributed by atoms with van der Waals surface area (Å²) in [5.74, 6) is 0.500. The van der Waals surface area contributed by atoms with E-state index in [1.54, 1.807) is 18.2 Å². The number of hydrogen-bond acceptors (Lipinski definition) is 4. The average molecular weight is 289 g/mol. The maximum Gasteiger partial charge on any atom is 0.253 e. The molecule has 1 aromatic heterocycles. The molecule has 0 fully saturated rings. The summed E-state index contributed by atoms with van der Waals surface area (Å²) >= 11 is 5.81. The Hall–Kier alpha value is -2.45. The van der Waals surface area contributed by atoms with Gasteiger partial charge in [-0.15, -0.1) is 11.7 Å². The molecule has 0 saturated heterocycles. The van der Waals surface area contributed by atoms with Gasteiger partial charge in [0.05, 0.1) is 6.54 Å². The van der Waals surface area contributed by atoms with E-state index in [0.29, 0.717) is 11.6 Å². The summed E-state index contributed by atoms with van der Waals surface area (Å²) in [5, 5.41) is 13.9. The van der Waals surface area contributed by atoms with Crippen molar-refractivity contribution in [3.05, 3.63) is 53.1 Å². The molecule has 0 aliphatic rings. The van der Waals surface area contributed by atoms with Crippen molar-refractivity contribution < 1.29 is 4.74 Å². The molecular formula is C14H13ClN4O. The lowest BCUT2D eigenvalue weighted by molar-refractivity contribution is 0.289. The minimum Gasteiger partial charge on any atom is -0.471 e. The molecule has 0 aliphatic heterocycles.